The second-order valence-corrected chi connectivity index (χ2v) is 6.42. The maximum Gasteiger partial charge on any atom is 0.0153 e. The minimum atomic E-state index is 0.446. The molecule has 1 rings (SSSR count). The lowest BCUT2D eigenvalue weighted by molar-refractivity contribution is 0.311. The largest absolute Gasteiger partial charge is 0.330 e. The minimum absolute atomic E-state index is 0.446. The molecule has 1 aliphatic rings. The first kappa shape index (κ1) is 15.0. The van der Waals surface area contributed by atoms with E-state index in [0.29, 0.717) is 5.54 Å². The van der Waals surface area contributed by atoms with Crippen molar-refractivity contribution in [2.45, 2.75) is 71.3 Å². The lowest BCUT2D eigenvalue weighted by Crippen LogP contribution is -2.40. The van der Waals surface area contributed by atoms with Crippen LogP contribution < -0.4 is 11.1 Å². The standard InChI is InChI=1S/C15H32N2/c1-13(2)14(8-11-16)7-6-12-17-15(3)9-4-5-10-15/h13-14,17H,4-12,16H2,1-3H3. The van der Waals surface area contributed by atoms with Crippen LogP contribution in [0, 0.1) is 11.8 Å². The molecule has 1 unspecified atom stereocenters. The molecular formula is C15H32N2. The van der Waals surface area contributed by atoms with Crippen molar-refractivity contribution in [3.63, 3.8) is 0 Å². The third kappa shape index (κ3) is 5.39. The molecule has 102 valence electrons. The molecule has 0 spiro atoms. The fraction of sp³-hybridized carbons (Fsp3) is 1.00. The third-order valence-electron chi connectivity index (χ3n) is 4.49. The predicted octanol–water partition coefficient (Wildman–Crippen LogP) is 3.31. The molecular weight excluding hydrogens is 208 g/mol. The minimum Gasteiger partial charge on any atom is -0.330 e. The van der Waals surface area contributed by atoms with E-state index >= 15 is 0 Å². The van der Waals surface area contributed by atoms with E-state index in [9.17, 15) is 0 Å². The molecule has 1 fully saturated rings. The van der Waals surface area contributed by atoms with Gasteiger partial charge in [-0.25, -0.2) is 0 Å². The lowest BCUT2D eigenvalue weighted by atomic mass is 9.88. The molecule has 17 heavy (non-hydrogen) atoms. The Hall–Kier alpha value is -0.0800. The van der Waals surface area contributed by atoms with Gasteiger partial charge in [0.15, 0.2) is 0 Å². The van der Waals surface area contributed by atoms with Gasteiger partial charge in [0.25, 0.3) is 0 Å². The van der Waals surface area contributed by atoms with Crippen molar-refractivity contribution in [2.75, 3.05) is 13.1 Å². The molecule has 0 aromatic rings. The Morgan fingerprint density at radius 3 is 2.35 bits per heavy atom. The van der Waals surface area contributed by atoms with Gasteiger partial charge in [0.05, 0.1) is 0 Å². The highest BCUT2D eigenvalue weighted by Gasteiger charge is 2.27. The van der Waals surface area contributed by atoms with E-state index < -0.39 is 0 Å². The summed E-state index contributed by atoms with van der Waals surface area (Å²) in [6.07, 6.45) is 9.37. The van der Waals surface area contributed by atoms with Gasteiger partial charge < -0.3 is 11.1 Å². The molecule has 0 amide bonds. The molecule has 0 aromatic carbocycles. The summed E-state index contributed by atoms with van der Waals surface area (Å²) in [6, 6.07) is 0. The van der Waals surface area contributed by atoms with Crippen LogP contribution in [0.1, 0.15) is 65.7 Å². The van der Waals surface area contributed by atoms with Crippen molar-refractivity contribution >= 4 is 0 Å². The molecule has 1 saturated carbocycles. The van der Waals surface area contributed by atoms with Crippen molar-refractivity contribution in [1.29, 1.82) is 0 Å². The van der Waals surface area contributed by atoms with E-state index in [1.54, 1.807) is 0 Å². The number of hydrogen-bond acceptors (Lipinski definition) is 2. The summed E-state index contributed by atoms with van der Waals surface area (Å²) >= 11 is 0. The molecule has 0 saturated heterocycles. The average molecular weight is 240 g/mol. The zero-order chi connectivity index (χ0) is 12.7. The Labute approximate surface area is 108 Å². The van der Waals surface area contributed by atoms with Crippen molar-refractivity contribution < 1.29 is 0 Å². The van der Waals surface area contributed by atoms with Gasteiger partial charge in [-0.3, -0.25) is 0 Å². The normalized spacial score (nSPS) is 21.0. The summed E-state index contributed by atoms with van der Waals surface area (Å²) in [5, 5.41) is 3.76. The van der Waals surface area contributed by atoms with E-state index in [1.807, 2.05) is 0 Å². The highest BCUT2D eigenvalue weighted by Crippen LogP contribution is 2.29. The smallest absolute Gasteiger partial charge is 0.0153 e. The maximum absolute atomic E-state index is 5.68. The Bertz CT molecular complexity index is 195. The van der Waals surface area contributed by atoms with Crippen LogP contribution in [0.3, 0.4) is 0 Å². The van der Waals surface area contributed by atoms with Gasteiger partial charge >= 0.3 is 0 Å². The Kier molecular flexibility index (Phi) is 6.50. The van der Waals surface area contributed by atoms with Crippen molar-refractivity contribution in [1.82, 2.24) is 5.32 Å². The second kappa shape index (κ2) is 7.38. The number of hydrogen-bond donors (Lipinski definition) is 2. The highest BCUT2D eigenvalue weighted by molar-refractivity contribution is 4.87. The summed E-state index contributed by atoms with van der Waals surface area (Å²) in [6.45, 7) is 9.07. The topological polar surface area (TPSA) is 38.0 Å². The predicted molar refractivity (Wildman–Crippen MR) is 76.1 cm³/mol. The average Bonchev–Trinajstić information content (AvgIpc) is 2.70. The van der Waals surface area contributed by atoms with E-state index in [4.69, 9.17) is 5.73 Å². The first-order valence-corrected chi connectivity index (χ1v) is 7.52. The zero-order valence-corrected chi connectivity index (χ0v) is 12.1. The zero-order valence-electron chi connectivity index (χ0n) is 12.1. The summed E-state index contributed by atoms with van der Waals surface area (Å²) in [5.74, 6) is 1.60. The number of nitrogens with two attached hydrogens (primary N) is 1. The van der Waals surface area contributed by atoms with Crippen molar-refractivity contribution in [3.8, 4) is 0 Å². The van der Waals surface area contributed by atoms with Gasteiger partial charge in [0.1, 0.15) is 0 Å². The van der Waals surface area contributed by atoms with Crippen LogP contribution >= 0.6 is 0 Å². The lowest BCUT2D eigenvalue weighted by Gasteiger charge is -2.26. The van der Waals surface area contributed by atoms with Crippen LogP contribution in [-0.2, 0) is 0 Å². The molecule has 2 heteroatoms. The van der Waals surface area contributed by atoms with Crippen LogP contribution in [0.25, 0.3) is 0 Å². The van der Waals surface area contributed by atoms with Crippen LogP contribution in [-0.4, -0.2) is 18.6 Å². The van der Waals surface area contributed by atoms with Gasteiger partial charge in [0.2, 0.25) is 0 Å². The van der Waals surface area contributed by atoms with Gasteiger partial charge in [-0.1, -0.05) is 26.7 Å². The molecule has 1 aliphatic carbocycles. The van der Waals surface area contributed by atoms with Crippen molar-refractivity contribution in [3.05, 3.63) is 0 Å². The van der Waals surface area contributed by atoms with Crippen LogP contribution in [0.4, 0.5) is 0 Å². The summed E-state index contributed by atoms with van der Waals surface area (Å²) in [4.78, 5) is 0. The van der Waals surface area contributed by atoms with Gasteiger partial charge in [-0.15, -0.1) is 0 Å². The Morgan fingerprint density at radius 2 is 1.82 bits per heavy atom. The third-order valence-corrected chi connectivity index (χ3v) is 4.49. The second-order valence-electron chi connectivity index (χ2n) is 6.42. The van der Waals surface area contributed by atoms with Gasteiger partial charge in [-0.2, -0.15) is 0 Å². The molecule has 2 nitrogen and oxygen atoms in total. The first-order valence-electron chi connectivity index (χ1n) is 7.52. The summed E-state index contributed by atoms with van der Waals surface area (Å²) in [7, 11) is 0. The fourth-order valence-corrected chi connectivity index (χ4v) is 3.11. The quantitative estimate of drug-likeness (QED) is 0.639. The molecule has 0 aliphatic heterocycles. The highest BCUT2D eigenvalue weighted by atomic mass is 15.0. The fourth-order valence-electron chi connectivity index (χ4n) is 3.11. The van der Waals surface area contributed by atoms with E-state index in [2.05, 4.69) is 26.1 Å². The van der Waals surface area contributed by atoms with E-state index in [1.165, 1.54) is 51.5 Å². The molecule has 0 bridgehead atoms. The monoisotopic (exact) mass is 240 g/mol. The molecule has 0 heterocycles. The maximum atomic E-state index is 5.68. The Balaban J connectivity index is 2.13. The molecule has 3 N–H and O–H groups in total. The van der Waals surface area contributed by atoms with Gasteiger partial charge in [-0.05, 0) is 64.0 Å². The van der Waals surface area contributed by atoms with E-state index in [-0.39, 0.29) is 0 Å². The van der Waals surface area contributed by atoms with Crippen LogP contribution in [0.2, 0.25) is 0 Å². The first-order chi connectivity index (χ1) is 8.07. The molecule has 0 radical (unpaired) electrons. The van der Waals surface area contributed by atoms with Crippen molar-refractivity contribution in [2.24, 2.45) is 17.6 Å². The number of rotatable bonds is 8. The van der Waals surface area contributed by atoms with Crippen LogP contribution in [0.15, 0.2) is 0 Å². The van der Waals surface area contributed by atoms with Gasteiger partial charge in [0, 0.05) is 5.54 Å². The molecule has 1 atom stereocenters. The van der Waals surface area contributed by atoms with E-state index in [0.717, 1.165) is 18.4 Å². The molecule has 0 aromatic heterocycles. The SMILES string of the molecule is CC(C)C(CCN)CCCNC1(C)CCCC1. The summed E-state index contributed by atoms with van der Waals surface area (Å²) in [5.41, 5.74) is 6.12. The Morgan fingerprint density at radius 1 is 1.18 bits per heavy atom. The van der Waals surface area contributed by atoms with Crippen LogP contribution in [0.5, 0.6) is 0 Å². The number of nitrogens with one attached hydrogen (secondary N) is 1. The summed E-state index contributed by atoms with van der Waals surface area (Å²) < 4.78 is 0.